The van der Waals surface area contributed by atoms with E-state index in [9.17, 15) is 23.6 Å². The molecular weight excluding hydrogens is 595 g/mol. The highest BCUT2D eigenvalue weighted by atomic mass is 79.9. The fraction of sp³-hybridized carbons (Fsp3) is 0.500. The maximum atomic E-state index is 14.6. The van der Waals surface area contributed by atoms with Crippen LogP contribution in [0, 0.1) is 11.6 Å². The molecule has 4 heterocycles. The lowest BCUT2D eigenvalue weighted by molar-refractivity contribution is -0.0967. The standard InChI is InChI=1S/C22H25BrF2N5O7P/c1-21(2)6-13(11-4-10(23)5-12(24)15(11)25)36-38(33,37-21)34-7-14-17(31)22(3,32)20(35-14)30-9-29-16-18(26)27-8-28-19(16)30/h4-5,8-9,13-14,17,20,31-32H,6-7H2,1-3H3,(H2,26,27,28)/t13-,14+,17+,20+,22+,38+/m0/s1. The van der Waals surface area contributed by atoms with E-state index in [1.54, 1.807) is 13.8 Å². The minimum atomic E-state index is -4.39. The van der Waals surface area contributed by atoms with E-state index in [1.165, 1.54) is 30.2 Å². The van der Waals surface area contributed by atoms with Crippen LogP contribution in [0.4, 0.5) is 14.6 Å². The second-order valence-corrected chi connectivity index (χ2v) is 12.4. The van der Waals surface area contributed by atoms with Gasteiger partial charge >= 0.3 is 7.82 Å². The molecule has 5 rings (SSSR count). The van der Waals surface area contributed by atoms with Gasteiger partial charge in [0.1, 0.15) is 35.8 Å². The molecule has 12 nitrogen and oxygen atoms in total. The molecule has 6 atom stereocenters. The summed E-state index contributed by atoms with van der Waals surface area (Å²) in [6.07, 6.45) is -2.46. The largest absolute Gasteiger partial charge is 0.476 e. The van der Waals surface area contributed by atoms with Gasteiger partial charge in [0.2, 0.25) is 0 Å². The van der Waals surface area contributed by atoms with Crippen LogP contribution in [0.3, 0.4) is 0 Å². The first-order valence-corrected chi connectivity index (χ1v) is 13.7. The monoisotopic (exact) mass is 619 g/mol. The van der Waals surface area contributed by atoms with E-state index in [2.05, 4.69) is 30.9 Å². The minimum Gasteiger partial charge on any atom is -0.387 e. The number of nitrogens with zero attached hydrogens (tertiary/aromatic N) is 4. The van der Waals surface area contributed by atoms with Crippen LogP contribution in [0.5, 0.6) is 0 Å². The number of phosphoric ester groups is 1. The van der Waals surface area contributed by atoms with Crippen molar-refractivity contribution in [2.45, 2.75) is 62.9 Å². The number of nitrogen functional groups attached to an aromatic ring is 1. The SMILES string of the molecule is CC1(C)C[C@@H](c2cc(Br)cc(F)c2F)O[P@@](=O)(OC[C@H]2O[C@@H](n3cnc4c(N)ncnc43)[C@](C)(O)[C@@H]2O)O1. The first-order valence-electron chi connectivity index (χ1n) is 11.5. The van der Waals surface area contributed by atoms with Crippen molar-refractivity contribution in [3.8, 4) is 0 Å². The Bertz CT molecular complexity index is 1440. The molecule has 0 radical (unpaired) electrons. The number of benzene rings is 1. The summed E-state index contributed by atoms with van der Waals surface area (Å²) < 4.78 is 66.3. The lowest BCUT2D eigenvalue weighted by Crippen LogP contribution is -2.44. The molecule has 4 N–H and O–H groups in total. The molecule has 2 saturated heterocycles. The van der Waals surface area contributed by atoms with Crippen molar-refractivity contribution in [2.75, 3.05) is 12.3 Å². The first-order chi connectivity index (χ1) is 17.7. The van der Waals surface area contributed by atoms with Gasteiger partial charge in [0.05, 0.1) is 18.5 Å². The summed E-state index contributed by atoms with van der Waals surface area (Å²) in [4.78, 5) is 12.1. The molecule has 0 bridgehead atoms. The fourth-order valence-electron chi connectivity index (χ4n) is 4.62. The van der Waals surface area contributed by atoms with Crippen LogP contribution in [-0.4, -0.2) is 59.7 Å². The third-order valence-corrected chi connectivity index (χ3v) is 8.61. The number of hydrogen-bond acceptors (Lipinski definition) is 11. The van der Waals surface area contributed by atoms with Crippen LogP contribution >= 0.6 is 23.8 Å². The maximum absolute atomic E-state index is 14.6. The van der Waals surface area contributed by atoms with Crippen molar-refractivity contribution in [1.82, 2.24) is 19.5 Å². The summed E-state index contributed by atoms with van der Waals surface area (Å²) >= 11 is 3.12. The highest BCUT2D eigenvalue weighted by molar-refractivity contribution is 9.10. The third kappa shape index (κ3) is 4.86. The van der Waals surface area contributed by atoms with E-state index in [1.807, 2.05) is 0 Å². The lowest BCUT2D eigenvalue weighted by Gasteiger charge is -2.39. The number of aliphatic hydroxyl groups is 2. The third-order valence-electron chi connectivity index (χ3n) is 6.45. The Morgan fingerprint density at radius 3 is 2.76 bits per heavy atom. The van der Waals surface area contributed by atoms with Crippen molar-refractivity contribution in [1.29, 1.82) is 0 Å². The molecule has 0 unspecified atom stereocenters. The second-order valence-electron chi connectivity index (χ2n) is 9.96. The van der Waals surface area contributed by atoms with Crippen LogP contribution < -0.4 is 5.73 Å². The number of anilines is 1. The number of hydrogen-bond donors (Lipinski definition) is 3. The van der Waals surface area contributed by atoms with Crippen molar-refractivity contribution in [3.63, 3.8) is 0 Å². The van der Waals surface area contributed by atoms with Gasteiger partial charge in [-0.25, -0.2) is 28.3 Å². The highest BCUT2D eigenvalue weighted by Crippen LogP contribution is 2.62. The summed E-state index contributed by atoms with van der Waals surface area (Å²) in [6.45, 7) is 4.01. The number of aromatic nitrogens is 4. The zero-order valence-electron chi connectivity index (χ0n) is 20.4. The molecule has 2 aliphatic rings. The van der Waals surface area contributed by atoms with Gasteiger partial charge in [-0.15, -0.1) is 0 Å². The molecule has 2 aliphatic heterocycles. The van der Waals surface area contributed by atoms with E-state index in [0.717, 1.165) is 6.07 Å². The quantitative estimate of drug-likeness (QED) is 0.282. The first kappa shape index (κ1) is 27.5. The molecular formula is C22H25BrF2N5O7P. The van der Waals surface area contributed by atoms with Crippen LogP contribution in [0.15, 0.2) is 29.3 Å². The zero-order valence-corrected chi connectivity index (χ0v) is 22.9. The maximum Gasteiger partial charge on any atom is 0.476 e. The number of halogens is 3. The molecule has 0 aliphatic carbocycles. The summed E-state index contributed by atoms with van der Waals surface area (Å²) in [5.74, 6) is -2.13. The van der Waals surface area contributed by atoms with Crippen molar-refractivity contribution >= 4 is 40.7 Å². The molecule has 16 heteroatoms. The summed E-state index contributed by atoms with van der Waals surface area (Å²) in [5, 5.41) is 21.9. The molecule has 0 saturated carbocycles. The van der Waals surface area contributed by atoms with Crippen LogP contribution in [0.2, 0.25) is 0 Å². The topological polar surface area (TPSA) is 164 Å². The van der Waals surface area contributed by atoms with E-state index in [-0.39, 0.29) is 33.4 Å². The van der Waals surface area contributed by atoms with E-state index in [0.29, 0.717) is 0 Å². The van der Waals surface area contributed by atoms with Gasteiger partial charge in [-0.2, -0.15) is 0 Å². The Morgan fingerprint density at radius 2 is 2.03 bits per heavy atom. The normalized spacial score (nSPS) is 33.2. The number of phosphoric acid groups is 1. The average Bonchev–Trinajstić information content (AvgIpc) is 3.33. The molecule has 38 heavy (non-hydrogen) atoms. The van der Waals surface area contributed by atoms with Gasteiger partial charge in [-0.3, -0.25) is 18.1 Å². The summed E-state index contributed by atoms with van der Waals surface area (Å²) in [7, 11) is -4.39. The second kappa shape index (κ2) is 9.52. The number of nitrogens with two attached hydrogens (primary N) is 1. The van der Waals surface area contributed by atoms with Crippen molar-refractivity contribution in [3.05, 3.63) is 46.5 Å². The van der Waals surface area contributed by atoms with E-state index in [4.69, 9.17) is 24.0 Å². The molecule has 1 aromatic carbocycles. The van der Waals surface area contributed by atoms with Gasteiger partial charge in [0.25, 0.3) is 0 Å². The van der Waals surface area contributed by atoms with E-state index >= 15 is 0 Å². The Labute approximate surface area is 223 Å². The Hall–Kier alpha value is -2.10. The number of ether oxygens (including phenoxy) is 1. The average molecular weight is 620 g/mol. The van der Waals surface area contributed by atoms with Crippen LogP contribution in [0.1, 0.15) is 45.1 Å². The zero-order chi connectivity index (χ0) is 27.6. The number of aliphatic hydroxyl groups excluding tert-OH is 1. The molecule has 0 spiro atoms. The Kier molecular flexibility index (Phi) is 6.88. The predicted molar refractivity (Wildman–Crippen MR) is 131 cm³/mol. The summed E-state index contributed by atoms with van der Waals surface area (Å²) in [6, 6.07) is 2.29. The molecule has 0 amide bonds. The van der Waals surface area contributed by atoms with Gasteiger partial charge in [0.15, 0.2) is 29.3 Å². The molecule has 2 fully saturated rings. The molecule has 206 valence electrons. The molecule has 3 aromatic rings. The highest BCUT2D eigenvalue weighted by Gasteiger charge is 2.55. The van der Waals surface area contributed by atoms with Gasteiger partial charge in [-0.1, -0.05) is 15.9 Å². The number of fused-ring (bicyclic) bond motifs is 1. The van der Waals surface area contributed by atoms with Crippen LogP contribution in [0.25, 0.3) is 11.2 Å². The smallest absolute Gasteiger partial charge is 0.387 e. The van der Waals surface area contributed by atoms with Crippen LogP contribution in [-0.2, 0) is 22.9 Å². The minimum absolute atomic E-state index is 0.0468. The van der Waals surface area contributed by atoms with Crippen molar-refractivity contribution in [2.24, 2.45) is 0 Å². The fourth-order valence-corrected chi connectivity index (χ4v) is 6.73. The Balaban J connectivity index is 1.37. The van der Waals surface area contributed by atoms with Gasteiger partial charge in [0, 0.05) is 16.5 Å². The summed E-state index contributed by atoms with van der Waals surface area (Å²) in [5.41, 5.74) is 3.24. The molecule has 2 aromatic heterocycles. The van der Waals surface area contributed by atoms with Crippen molar-refractivity contribution < 1.29 is 41.9 Å². The van der Waals surface area contributed by atoms with E-state index < -0.39 is 61.8 Å². The predicted octanol–water partition coefficient (Wildman–Crippen LogP) is 3.54. The lowest BCUT2D eigenvalue weighted by atomic mass is 9.96. The number of imidazole rings is 1. The van der Waals surface area contributed by atoms with Gasteiger partial charge in [-0.05, 0) is 32.9 Å². The number of rotatable bonds is 5. The Morgan fingerprint density at radius 1 is 1.29 bits per heavy atom. The van der Waals surface area contributed by atoms with Gasteiger partial charge < -0.3 is 20.7 Å².